The lowest BCUT2D eigenvalue weighted by atomic mass is 10.1. The van der Waals surface area contributed by atoms with Gasteiger partial charge < -0.3 is 4.74 Å². The number of methoxy groups -OCH3 is 1. The number of halogens is 2. The SMILES string of the molecule is COc1cc(Br)ccc1C(Cl)C(C)=O. The van der Waals surface area contributed by atoms with Crippen molar-refractivity contribution in [3.63, 3.8) is 0 Å². The van der Waals surface area contributed by atoms with Crippen LogP contribution in [0.25, 0.3) is 0 Å². The normalized spacial score (nSPS) is 12.3. The Morgan fingerprint density at radius 1 is 1.57 bits per heavy atom. The van der Waals surface area contributed by atoms with E-state index >= 15 is 0 Å². The minimum Gasteiger partial charge on any atom is -0.496 e. The van der Waals surface area contributed by atoms with E-state index < -0.39 is 5.38 Å². The zero-order valence-corrected chi connectivity index (χ0v) is 10.2. The fraction of sp³-hybridized carbons (Fsp3) is 0.300. The van der Waals surface area contributed by atoms with Crippen LogP contribution >= 0.6 is 27.5 Å². The maximum absolute atomic E-state index is 11.1. The van der Waals surface area contributed by atoms with Gasteiger partial charge in [-0.05, 0) is 19.1 Å². The number of Topliss-reactive ketones (excluding diaryl/α,β-unsaturated/α-hetero) is 1. The number of hydrogen-bond donors (Lipinski definition) is 0. The largest absolute Gasteiger partial charge is 0.496 e. The Bertz CT molecular complexity index is 352. The number of hydrogen-bond acceptors (Lipinski definition) is 2. The summed E-state index contributed by atoms with van der Waals surface area (Å²) in [5.41, 5.74) is 0.699. The van der Waals surface area contributed by atoms with Crippen molar-refractivity contribution in [3.8, 4) is 5.75 Å². The van der Waals surface area contributed by atoms with Crippen molar-refractivity contribution in [2.24, 2.45) is 0 Å². The molecular formula is C10H10BrClO2. The van der Waals surface area contributed by atoms with Crippen LogP contribution < -0.4 is 4.74 Å². The first-order chi connectivity index (χ1) is 6.56. The summed E-state index contributed by atoms with van der Waals surface area (Å²) in [5, 5.41) is -0.641. The lowest BCUT2D eigenvalue weighted by Gasteiger charge is -2.11. The molecular weight excluding hydrogens is 267 g/mol. The summed E-state index contributed by atoms with van der Waals surface area (Å²) in [4.78, 5) is 11.1. The van der Waals surface area contributed by atoms with Gasteiger partial charge in [-0.1, -0.05) is 22.0 Å². The Morgan fingerprint density at radius 2 is 2.21 bits per heavy atom. The average molecular weight is 278 g/mol. The van der Waals surface area contributed by atoms with Crippen LogP contribution in [0.4, 0.5) is 0 Å². The smallest absolute Gasteiger partial charge is 0.152 e. The van der Waals surface area contributed by atoms with Gasteiger partial charge in [-0.25, -0.2) is 0 Å². The maximum atomic E-state index is 11.1. The number of ether oxygens (including phenoxy) is 1. The average Bonchev–Trinajstić information content (AvgIpc) is 2.16. The second-order valence-corrected chi connectivity index (χ2v) is 4.21. The molecule has 14 heavy (non-hydrogen) atoms. The molecule has 1 atom stereocenters. The third kappa shape index (κ3) is 2.49. The Kier molecular flexibility index (Phi) is 3.96. The van der Waals surface area contributed by atoms with Crippen molar-refractivity contribution >= 4 is 33.3 Å². The second-order valence-electron chi connectivity index (χ2n) is 2.86. The molecule has 0 saturated carbocycles. The molecule has 76 valence electrons. The lowest BCUT2D eigenvalue weighted by Crippen LogP contribution is -2.03. The van der Waals surface area contributed by atoms with Gasteiger partial charge in [0.1, 0.15) is 11.1 Å². The van der Waals surface area contributed by atoms with Crippen molar-refractivity contribution < 1.29 is 9.53 Å². The van der Waals surface area contributed by atoms with Gasteiger partial charge in [-0.2, -0.15) is 0 Å². The van der Waals surface area contributed by atoms with Crippen molar-refractivity contribution in [1.29, 1.82) is 0 Å². The van der Waals surface area contributed by atoms with E-state index in [1.807, 2.05) is 6.07 Å². The first-order valence-electron chi connectivity index (χ1n) is 4.04. The van der Waals surface area contributed by atoms with E-state index in [-0.39, 0.29) is 5.78 Å². The minimum atomic E-state index is -0.641. The van der Waals surface area contributed by atoms with Crippen LogP contribution in [0, 0.1) is 0 Å². The molecule has 2 nitrogen and oxygen atoms in total. The third-order valence-electron chi connectivity index (χ3n) is 1.83. The number of ketones is 1. The molecule has 0 aliphatic heterocycles. The molecule has 0 fully saturated rings. The number of alkyl halides is 1. The van der Waals surface area contributed by atoms with Crippen LogP contribution in [-0.2, 0) is 4.79 Å². The van der Waals surface area contributed by atoms with Gasteiger partial charge in [0.2, 0.25) is 0 Å². The fourth-order valence-electron chi connectivity index (χ4n) is 1.11. The first-order valence-corrected chi connectivity index (χ1v) is 5.27. The first kappa shape index (κ1) is 11.5. The highest BCUT2D eigenvalue weighted by molar-refractivity contribution is 9.10. The maximum Gasteiger partial charge on any atom is 0.152 e. The molecule has 0 radical (unpaired) electrons. The summed E-state index contributed by atoms with van der Waals surface area (Å²) in [6.45, 7) is 1.46. The van der Waals surface area contributed by atoms with Gasteiger partial charge in [0.05, 0.1) is 7.11 Å². The molecule has 0 aliphatic rings. The van der Waals surface area contributed by atoms with Gasteiger partial charge >= 0.3 is 0 Å². The quantitative estimate of drug-likeness (QED) is 0.792. The molecule has 1 aromatic carbocycles. The molecule has 1 rings (SSSR count). The van der Waals surface area contributed by atoms with Crippen molar-refractivity contribution in [2.75, 3.05) is 7.11 Å². The van der Waals surface area contributed by atoms with Gasteiger partial charge in [0.15, 0.2) is 5.78 Å². The van der Waals surface area contributed by atoms with Crippen molar-refractivity contribution in [2.45, 2.75) is 12.3 Å². The predicted octanol–water partition coefficient (Wildman–Crippen LogP) is 3.33. The van der Waals surface area contributed by atoms with Gasteiger partial charge in [0, 0.05) is 10.0 Å². The lowest BCUT2D eigenvalue weighted by molar-refractivity contribution is -0.116. The molecule has 4 heteroatoms. The van der Waals surface area contributed by atoms with Gasteiger partial charge in [-0.3, -0.25) is 4.79 Å². The number of benzene rings is 1. The molecule has 0 aliphatic carbocycles. The van der Waals surface area contributed by atoms with E-state index in [0.29, 0.717) is 11.3 Å². The summed E-state index contributed by atoms with van der Waals surface area (Å²) in [6, 6.07) is 5.39. The van der Waals surface area contributed by atoms with Crippen LogP contribution in [0.2, 0.25) is 0 Å². The van der Waals surface area contributed by atoms with Crippen LogP contribution in [-0.4, -0.2) is 12.9 Å². The molecule has 0 bridgehead atoms. The summed E-state index contributed by atoms with van der Waals surface area (Å²) in [5.74, 6) is 0.530. The molecule has 0 aromatic heterocycles. The molecule has 0 amide bonds. The highest BCUT2D eigenvalue weighted by atomic mass is 79.9. The highest BCUT2D eigenvalue weighted by Gasteiger charge is 2.17. The second kappa shape index (κ2) is 4.80. The number of carbonyl (C=O) groups is 1. The summed E-state index contributed by atoms with van der Waals surface area (Å²) in [7, 11) is 1.55. The molecule has 0 N–H and O–H groups in total. The van der Waals surface area contributed by atoms with Crippen LogP contribution in [0.5, 0.6) is 5.75 Å². The molecule has 0 spiro atoms. The Morgan fingerprint density at radius 3 is 2.71 bits per heavy atom. The Balaban J connectivity index is 3.13. The Hall–Kier alpha value is -0.540. The minimum absolute atomic E-state index is 0.0905. The number of carbonyl (C=O) groups excluding carboxylic acids is 1. The van der Waals surface area contributed by atoms with E-state index in [4.69, 9.17) is 16.3 Å². The molecule has 0 heterocycles. The van der Waals surface area contributed by atoms with E-state index in [0.717, 1.165) is 4.47 Å². The Labute approximate surface area is 96.3 Å². The van der Waals surface area contributed by atoms with Gasteiger partial charge in [-0.15, -0.1) is 11.6 Å². The van der Waals surface area contributed by atoms with Crippen LogP contribution in [0.1, 0.15) is 17.9 Å². The summed E-state index contributed by atoms with van der Waals surface area (Å²) >= 11 is 9.25. The van der Waals surface area contributed by atoms with Crippen LogP contribution in [0.15, 0.2) is 22.7 Å². The van der Waals surface area contributed by atoms with Crippen molar-refractivity contribution in [3.05, 3.63) is 28.2 Å². The van der Waals surface area contributed by atoms with E-state index in [2.05, 4.69) is 15.9 Å². The third-order valence-corrected chi connectivity index (χ3v) is 2.86. The zero-order valence-electron chi connectivity index (χ0n) is 7.88. The van der Waals surface area contributed by atoms with Gasteiger partial charge in [0.25, 0.3) is 0 Å². The summed E-state index contributed by atoms with van der Waals surface area (Å²) in [6.07, 6.45) is 0. The zero-order chi connectivity index (χ0) is 10.7. The topological polar surface area (TPSA) is 26.3 Å². The monoisotopic (exact) mass is 276 g/mol. The fourth-order valence-corrected chi connectivity index (χ4v) is 1.63. The van der Waals surface area contributed by atoms with E-state index in [1.165, 1.54) is 6.92 Å². The van der Waals surface area contributed by atoms with E-state index in [9.17, 15) is 4.79 Å². The molecule has 0 saturated heterocycles. The molecule has 1 unspecified atom stereocenters. The van der Waals surface area contributed by atoms with Crippen LogP contribution in [0.3, 0.4) is 0 Å². The highest BCUT2D eigenvalue weighted by Crippen LogP contribution is 2.32. The standard InChI is InChI=1S/C10H10BrClO2/c1-6(13)10(12)8-4-3-7(11)5-9(8)14-2/h3-5,10H,1-2H3. The predicted molar refractivity (Wildman–Crippen MR) is 60.0 cm³/mol. The number of rotatable bonds is 3. The van der Waals surface area contributed by atoms with Crippen molar-refractivity contribution in [1.82, 2.24) is 0 Å². The van der Waals surface area contributed by atoms with E-state index in [1.54, 1.807) is 19.2 Å². The summed E-state index contributed by atoms with van der Waals surface area (Å²) < 4.78 is 6.02. The molecule has 1 aromatic rings.